The molecule has 48 heavy (non-hydrogen) atoms. The highest BCUT2D eigenvalue weighted by molar-refractivity contribution is 7.89. The molecule has 12 nitrogen and oxygen atoms in total. The number of carbonyl (C=O) groups is 4. The molecule has 0 spiro atoms. The SMILES string of the molecule is C.CC.CC(=O)c1nccc2ccccc12.CCOC1OC(=O)CC1NC(=O)CN1CC(CNS(=O)(=O)c2ccccc2)=CCCC1=O. The van der Waals surface area contributed by atoms with Gasteiger partial charge in [-0.05, 0) is 42.5 Å². The van der Waals surface area contributed by atoms with Crippen molar-refractivity contribution in [2.24, 2.45) is 0 Å². The number of allylic oxidation sites excluding steroid dienone is 1. The van der Waals surface area contributed by atoms with Crippen LogP contribution in [0.25, 0.3) is 10.8 Å². The number of pyridine rings is 1. The maximum absolute atomic E-state index is 12.5. The Hall–Kier alpha value is -4.46. The van der Waals surface area contributed by atoms with Gasteiger partial charge in [-0.25, -0.2) is 13.1 Å². The molecule has 1 saturated heterocycles. The van der Waals surface area contributed by atoms with Crippen LogP contribution in [0.2, 0.25) is 0 Å². The summed E-state index contributed by atoms with van der Waals surface area (Å²) in [6.45, 7) is 7.54. The number of hydrogen-bond acceptors (Lipinski definition) is 9. The van der Waals surface area contributed by atoms with Crippen LogP contribution in [0.1, 0.15) is 64.9 Å². The molecule has 0 radical (unpaired) electrons. The van der Waals surface area contributed by atoms with Crippen molar-refractivity contribution >= 4 is 44.4 Å². The van der Waals surface area contributed by atoms with Crippen molar-refractivity contribution < 1.29 is 37.1 Å². The Labute approximate surface area is 282 Å². The third-order valence-corrected chi connectivity index (χ3v) is 8.48. The highest BCUT2D eigenvalue weighted by Crippen LogP contribution is 2.18. The number of Topliss-reactive ketones (excluding diaryl/α,β-unsaturated/α-hetero) is 1. The van der Waals surface area contributed by atoms with Crippen molar-refractivity contribution in [2.45, 2.75) is 71.6 Å². The number of cyclic esters (lactones) is 1. The van der Waals surface area contributed by atoms with Crippen LogP contribution in [0, 0.1) is 0 Å². The topological polar surface area (TPSA) is 161 Å². The third kappa shape index (κ3) is 11.4. The number of ether oxygens (including phenoxy) is 2. The molecule has 260 valence electrons. The highest BCUT2D eigenvalue weighted by atomic mass is 32.2. The van der Waals surface area contributed by atoms with Crippen LogP contribution in [0.4, 0.5) is 0 Å². The second-order valence-corrected chi connectivity index (χ2v) is 12.2. The summed E-state index contributed by atoms with van der Waals surface area (Å²) in [5, 5.41) is 4.68. The van der Waals surface area contributed by atoms with Crippen LogP contribution in [0.5, 0.6) is 0 Å². The lowest BCUT2D eigenvalue weighted by Gasteiger charge is -2.24. The molecule has 1 fully saturated rings. The van der Waals surface area contributed by atoms with Crippen LogP contribution >= 0.6 is 0 Å². The van der Waals surface area contributed by atoms with Crippen LogP contribution < -0.4 is 10.0 Å². The quantitative estimate of drug-likeness (QED) is 0.179. The van der Waals surface area contributed by atoms with Gasteiger partial charge in [-0.2, -0.15) is 0 Å². The molecule has 0 bridgehead atoms. The van der Waals surface area contributed by atoms with Gasteiger partial charge in [0.05, 0.1) is 17.9 Å². The van der Waals surface area contributed by atoms with Gasteiger partial charge in [0, 0.05) is 44.6 Å². The second-order valence-electron chi connectivity index (χ2n) is 10.4. The van der Waals surface area contributed by atoms with Crippen LogP contribution in [0.3, 0.4) is 0 Å². The van der Waals surface area contributed by atoms with Crippen molar-refractivity contribution in [3.05, 3.63) is 84.2 Å². The van der Waals surface area contributed by atoms with Gasteiger partial charge >= 0.3 is 5.97 Å². The number of esters is 1. The Bertz CT molecular complexity index is 1670. The van der Waals surface area contributed by atoms with E-state index in [0.29, 0.717) is 24.3 Å². The Morgan fingerprint density at radius 1 is 1.04 bits per heavy atom. The number of hydrogen-bond donors (Lipinski definition) is 2. The summed E-state index contributed by atoms with van der Waals surface area (Å²) in [5.74, 6) is -1.11. The smallest absolute Gasteiger partial charge is 0.310 e. The number of aromatic nitrogens is 1. The lowest BCUT2D eigenvalue weighted by atomic mass is 10.1. The Kier molecular flexibility index (Phi) is 16.0. The van der Waals surface area contributed by atoms with E-state index in [2.05, 4.69) is 15.0 Å². The van der Waals surface area contributed by atoms with E-state index < -0.39 is 34.2 Å². The zero-order valence-corrected chi connectivity index (χ0v) is 27.9. The summed E-state index contributed by atoms with van der Waals surface area (Å²) >= 11 is 0. The molecule has 3 aromatic rings. The number of fused-ring (bicyclic) bond motifs is 1. The summed E-state index contributed by atoms with van der Waals surface area (Å²) in [7, 11) is -3.69. The van der Waals surface area contributed by atoms with Crippen molar-refractivity contribution in [2.75, 3.05) is 26.2 Å². The number of nitrogens with zero attached hydrogens (tertiary/aromatic N) is 2. The first kappa shape index (κ1) is 39.7. The molecule has 2 aliphatic rings. The predicted octanol–water partition coefficient (Wildman–Crippen LogP) is 4.41. The first-order chi connectivity index (χ1) is 22.6. The molecule has 2 N–H and O–H groups in total. The zero-order valence-electron chi connectivity index (χ0n) is 27.1. The lowest BCUT2D eigenvalue weighted by Crippen LogP contribution is -2.47. The zero-order chi connectivity index (χ0) is 34.4. The first-order valence-electron chi connectivity index (χ1n) is 15.5. The lowest BCUT2D eigenvalue weighted by molar-refractivity contribution is -0.164. The second kappa shape index (κ2) is 19.4. The van der Waals surface area contributed by atoms with Gasteiger partial charge in [-0.1, -0.05) is 69.8 Å². The van der Waals surface area contributed by atoms with Crippen LogP contribution in [0.15, 0.2) is 83.4 Å². The summed E-state index contributed by atoms with van der Waals surface area (Å²) in [4.78, 5) is 53.3. The van der Waals surface area contributed by atoms with Crippen molar-refractivity contribution in [1.82, 2.24) is 19.9 Å². The molecule has 0 saturated carbocycles. The van der Waals surface area contributed by atoms with E-state index in [4.69, 9.17) is 9.47 Å². The predicted molar refractivity (Wildman–Crippen MR) is 183 cm³/mol. The molecule has 3 heterocycles. The molecule has 5 rings (SSSR count). The summed E-state index contributed by atoms with van der Waals surface area (Å²) in [5.41, 5.74) is 1.24. The summed E-state index contributed by atoms with van der Waals surface area (Å²) in [6, 6.07) is 17.0. The number of ketones is 1. The molecular weight excluding hydrogens is 636 g/mol. The molecule has 2 aromatic carbocycles. The fraction of sp³-hybridized carbons (Fsp3) is 0.400. The van der Waals surface area contributed by atoms with E-state index in [1.165, 1.54) is 24.0 Å². The van der Waals surface area contributed by atoms with E-state index in [-0.39, 0.29) is 56.5 Å². The van der Waals surface area contributed by atoms with E-state index in [0.717, 1.165) is 10.8 Å². The molecule has 2 atom stereocenters. The molecule has 0 aliphatic carbocycles. The summed E-state index contributed by atoms with van der Waals surface area (Å²) in [6.07, 6.45) is 3.30. The fourth-order valence-electron chi connectivity index (χ4n) is 4.89. The van der Waals surface area contributed by atoms with Crippen LogP contribution in [-0.2, 0) is 33.9 Å². The molecule has 2 amide bonds. The van der Waals surface area contributed by atoms with Crippen LogP contribution in [-0.4, -0.2) is 80.4 Å². The van der Waals surface area contributed by atoms with Gasteiger partial charge < -0.3 is 19.7 Å². The molecule has 2 aliphatic heterocycles. The standard InChI is InChI=1S/C21H27N3O7S.C11H9NO.C2H6.CH4/c1-2-30-21-17(11-20(27)31-21)23-18(25)14-24-13-15(7-6-10-19(24)26)12-22-32(28,29)16-8-4-3-5-9-16;1-8(13)11-10-5-3-2-4-9(10)6-7-12-11;1-2;/h3-5,7-9,17,21-22H,2,6,10-14H2,1H3,(H,23,25);2-7H,1H3;1-2H3;1H4. The van der Waals surface area contributed by atoms with E-state index in [1.54, 1.807) is 31.3 Å². The van der Waals surface area contributed by atoms with Gasteiger partial charge in [0.15, 0.2) is 5.78 Å². The van der Waals surface area contributed by atoms with Crippen molar-refractivity contribution in [3.8, 4) is 0 Å². The maximum atomic E-state index is 12.5. The number of amides is 2. The number of sulfonamides is 1. The third-order valence-electron chi connectivity index (χ3n) is 7.06. The monoisotopic (exact) mass is 682 g/mol. The molecule has 1 aromatic heterocycles. The number of rotatable bonds is 10. The normalized spacial score (nSPS) is 17.3. The van der Waals surface area contributed by atoms with Gasteiger partial charge in [0.25, 0.3) is 0 Å². The Balaban J connectivity index is 0.000000416. The van der Waals surface area contributed by atoms with Gasteiger partial charge in [-0.3, -0.25) is 24.2 Å². The minimum atomic E-state index is -3.69. The maximum Gasteiger partial charge on any atom is 0.310 e. The Morgan fingerprint density at radius 2 is 1.73 bits per heavy atom. The van der Waals surface area contributed by atoms with E-state index in [1.807, 2.05) is 50.3 Å². The van der Waals surface area contributed by atoms with E-state index in [9.17, 15) is 27.6 Å². The first-order valence-corrected chi connectivity index (χ1v) is 17.0. The number of carbonyl (C=O) groups excluding carboxylic acids is 4. The average Bonchev–Trinajstić information content (AvgIpc) is 3.31. The highest BCUT2D eigenvalue weighted by Gasteiger charge is 2.37. The largest absolute Gasteiger partial charge is 0.433 e. The minimum absolute atomic E-state index is 0. The molecular formula is C35H46N4O8S. The fourth-order valence-corrected chi connectivity index (χ4v) is 5.95. The molecule has 2 unspecified atom stereocenters. The average molecular weight is 683 g/mol. The Morgan fingerprint density at radius 3 is 2.42 bits per heavy atom. The van der Waals surface area contributed by atoms with Gasteiger partial charge in [0.2, 0.25) is 28.1 Å². The van der Waals surface area contributed by atoms with Gasteiger partial charge in [0.1, 0.15) is 11.7 Å². The number of nitrogens with one attached hydrogen (secondary N) is 2. The van der Waals surface area contributed by atoms with E-state index >= 15 is 0 Å². The van der Waals surface area contributed by atoms with Gasteiger partial charge in [-0.15, -0.1) is 0 Å². The number of benzene rings is 2. The van der Waals surface area contributed by atoms with Crippen molar-refractivity contribution in [3.63, 3.8) is 0 Å². The molecule has 13 heteroatoms. The minimum Gasteiger partial charge on any atom is -0.433 e. The van der Waals surface area contributed by atoms with Crippen molar-refractivity contribution in [1.29, 1.82) is 0 Å². The summed E-state index contributed by atoms with van der Waals surface area (Å²) < 4.78 is 37.8.